The number of carbonyl (C=O) groups is 3. The molecule has 170 valence electrons. The number of halogens is 1. The van der Waals surface area contributed by atoms with Gasteiger partial charge in [-0.3, -0.25) is 0 Å². The first-order valence-corrected chi connectivity index (χ1v) is 18.7. The molecule has 1 saturated heterocycles. The molecule has 1 fully saturated rings. The maximum absolute atomic E-state index is 13.4. The van der Waals surface area contributed by atoms with Gasteiger partial charge in [0.25, 0.3) is 0 Å². The predicted molar refractivity (Wildman–Crippen MR) is 134 cm³/mol. The van der Waals surface area contributed by atoms with E-state index in [1.165, 1.54) is 16.9 Å². The van der Waals surface area contributed by atoms with Gasteiger partial charge in [0.1, 0.15) is 0 Å². The number of rotatable bonds is 7. The summed E-state index contributed by atoms with van der Waals surface area (Å²) in [5.74, 6) is -0.0859. The second kappa shape index (κ2) is 9.94. The number of thiol groups is 1. The molecule has 2 amide bonds. The van der Waals surface area contributed by atoms with Gasteiger partial charge >= 0.3 is 200 Å². The van der Waals surface area contributed by atoms with Crippen LogP contribution in [-0.2, 0) is 14.3 Å². The van der Waals surface area contributed by atoms with E-state index >= 15 is 0 Å². The summed E-state index contributed by atoms with van der Waals surface area (Å²) in [5.41, 5.74) is 0.669. The second-order valence-corrected chi connectivity index (χ2v) is 20.9. The number of ketones is 1. The van der Waals surface area contributed by atoms with Crippen molar-refractivity contribution in [1.82, 2.24) is 4.90 Å². The van der Waals surface area contributed by atoms with Crippen LogP contribution in [0.1, 0.15) is 16.8 Å². The number of benzene rings is 1. The Bertz CT molecular complexity index is 992. The number of amides is 2. The third-order valence-electron chi connectivity index (χ3n) is 5.15. The molecule has 1 unspecified atom stereocenters. The van der Waals surface area contributed by atoms with Crippen LogP contribution in [0.2, 0.25) is 25.7 Å². The van der Waals surface area contributed by atoms with Crippen LogP contribution in [-0.4, -0.2) is 63.6 Å². The van der Waals surface area contributed by atoms with Gasteiger partial charge in [-0.05, 0) is 0 Å². The normalized spacial score (nSPS) is 19.7. The van der Waals surface area contributed by atoms with Gasteiger partial charge in [0.15, 0.2) is 0 Å². The number of nitrogens with zero attached hydrogens (tertiary/aromatic N) is 2. The first kappa shape index (κ1) is 24.8. The van der Waals surface area contributed by atoms with E-state index in [9.17, 15) is 14.4 Å². The molecule has 0 N–H and O–H groups in total. The van der Waals surface area contributed by atoms with Crippen molar-refractivity contribution in [3.05, 3.63) is 17.7 Å². The van der Waals surface area contributed by atoms with Gasteiger partial charge in [-0.2, -0.15) is 0 Å². The van der Waals surface area contributed by atoms with Gasteiger partial charge in [0.2, 0.25) is 0 Å². The fourth-order valence-corrected chi connectivity index (χ4v) is 5.46. The molecule has 2 aliphatic rings. The Hall–Kier alpha value is -0.883. The number of Topliss-reactive ketones (excluding diaryl/α,β-unsaturated/α-hetero) is 1. The van der Waals surface area contributed by atoms with Crippen LogP contribution in [0.3, 0.4) is 0 Å². The Kier molecular flexibility index (Phi) is 7.94. The molecule has 0 saturated carbocycles. The average molecular weight is 596 g/mol. The summed E-state index contributed by atoms with van der Waals surface area (Å²) in [6, 6.07) is 3.31. The summed E-state index contributed by atoms with van der Waals surface area (Å²) < 4.78 is 17.1. The van der Waals surface area contributed by atoms with Gasteiger partial charge in [-0.15, -0.1) is 0 Å². The molecule has 0 aromatic heterocycles. The molecular formula is C19H26IN2O6PSSi. The first-order chi connectivity index (χ1) is 14.5. The summed E-state index contributed by atoms with van der Waals surface area (Å²) >= 11 is 2.05. The van der Waals surface area contributed by atoms with Gasteiger partial charge in [-0.25, -0.2) is 0 Å². The van der Waals surface area contributed by atoms with Crippen molar-refractivity contribution in [2.24, 2.45) is 0 Å². The Morgan fingerprint density at radius 3 is 2.55 bits per heavy atom. The van der Waals surface area contributed by atoms with Gasteiger partial charge in [-0.1, -0.05) is 0 Å². The molecule has 2 atom stereocenters. The van der Waals surface area contributed by atoms with Crippen molar-refractivity contribution < 1.29 is 28.0 Å². The summed E-state index contributed by atoms with van der Waals surface area (Å²) in [5, 5.41) is 0. The number of ether oxygens (including phenoxy) is 2. The van der Waals surface area contributed by atoms with E-state index < -0.39 is 21.4 Å². The van der Waals surface area contributed by atoms with Crippen LogP contribution >= 0.6 is 36.3 Å². The minimum atomic E-state index is -1.30. The van der Waals surface area contributed by atoms with E-state index in [1.54, 1.807) is 12.1 Å². The van der Waals surface area contributed by atoms with Crippen LogP contribution in [0.25, 0.3) is 0 Å². The Morgan fingerprint density at radius 1 is 1.23 bits per heavy atom. The van der Waals surface area contributed by atoms with Gasteiger partial charge < -0.3 is 0 Å². The topological polar surface area (TPSA) is 85.4 Å². The van der Waals surface area contributed by atoms with E-state index in [0.717, 1.165) is 6.04 Å². The van der Waals surface area contributed by atoms with E-state index in [0.29, 0.717) is 23.8 Å². The Balaban J connectivity index is 2.03. The number of hydrogen-bond acceptors (Lipinski definition) is 6. The Morgan fingerprint density at radius 2 is 1.94 bits per heavy atom. The molecule has 3 rings (SSSR count). The van der Waals surface area contributed by atoms with E-state index in [2.05, 4.69) is 48.7 Å². The molecule has 1 aromatic rings. The van der Waals surface area contributed by atoms with Crippen molar-refractivity contribution in [1.29, 1.82) is 0 Å². The molecule has 31 heavy (non-hydrogen) atoms. The van der Waals surface area contributed by atoms with Crippen LogP contribution in [0.5, 0.6) is 11.5 Å². The monoisotopic (exact) mass is 596 g/mol. The zero-order valence-electron chi connectivity index (χ0n) is 17.9. The second-order valence-electron chi connectivity index (χ2n) is 8.64. The summed E-state index contributed by atoms with van der Waals surface area (Å²) in [7, 11) is 3.41. The number of anilines is 1. The van der Waals surface area contributed by atoms with E-state index in [1.807, 2.05) is 0 Å². The molecule has 0 spiro atoms. The van der Waals surface area contributed by atoms with Crippen LogP contribution in [0, 0.1) is 0 Å². The molecule has 1 aromatic carbocycles. The van der Waals surface area contributed by atoms with Gasteiger partial charge in [0.05, 0.1) is 0 Å². The van der Waals surface area contributed by atoms with Crippen molar-refractivity contribution in [2.45, 2.75) is 38.1 Å². The van der Waals surface area contributed by atoms with Crippen molar-refractivity contribution >= 4 is 67.7 Å². The molecule has 2 heterocycles. The molecule has 12 heteroatoms. The summed E-state index contributed by atoms with van der Waals surface area (Å²) in [6.45, 7) is 7.19. The quantitative estimate of drug-likeness (QED) is 0.168. The molecule has 0 radical (unpaired) electrons. The van der Waals surface area contributed by atoms with Crippen LogP contribution < -0.4 is 13.8 Å². The third-order valence-corrected chi connectivity index (χ3v) is 8.04. The van der Waals surface area contributed by atoms with Crippen molar-refractivity contribution in [2.75, 3.05) is 31.9 Å². The minimum absolute atomic E-state index is 0.00619. The number of methoxy groups -OCH3 is 1. The Labute approximate surface area is 199 Å². The maximum atomic E-state index is 13.4. The van der Waals surface area contributed by atoms with Gasteiger partial charge in [0, 0.05) is 0 Å². The first-order valence-electron chi connectivity index (χ1n) is 9.78. The molecular weight excluding hydrogens is 570 g/mol. The van der Waals surface area contributed by atoms with Crippen LogP contribution in [0.4, 0.5) is 5.69 Å². The zero-order chi connectivity index (χ0) is 22.9. The molecule has 0 bridgehead atoms. The number of hydrogen-bond donors (Lipinski definition) is 1. The summed E-state index contributed by atoms with van der Waals surface area (Å²) in [6.07, 6.45) is 0.0140. The molecule has 2 aliphatic heterocycles. The van der Waals surface area contributed by atoms with Crippen molar-refractivity contribution in [3.8, 4) is 11.5 Å². The predicted octanol–water partition coefficient (Wildman–Crippen LogP) is 4.11. The molecule has 8 nitrogen and oxygen atoms in total. The average Bonchev–Trinajstić information content (AvgIpc) is 3.04. The van der Waals surface area contributed by atoms with Crippen molar-refractivity contribution in [3.63, 3.8) is 0 Å². The van der Waals surface area contributed by atoms with E-state index in [4.69, 9.17) is 13.7 Å². The number of carbonyl (C=O) groups excluding carboxylic acids is 3. The number of fused-ring (bicyclic) bond motifs is 2. The fraction of sp³-hybridized carbons (Fsp3) is 0.526. The SMILES string of the molecule is COc1cc2c(cc1O[SH](#P)I)N(COCC[Si](C)(C)C)C(=O)[C@@H]1CC(=O)CN1C2=O. The third kappa shape index (κ3) is 5.73. The summed E-state index contributed by atoms with van der Waals surface area (Å²) in [4.78, 5) is 41.5. The molecule has 0 aliphatic carbocycles. The fourth-order valence-electron chi connectivity index (χ4n) is 3.50. The van der Waals surface area contributed by atoms with Crippen LogP contribution in [0.15, 0.2) is 12.1 Å². The van der Waals surface area contributed by atoms with E-state index in [-0.39, 0.29) is 42.9 Å². The zero-order valence-corrected chi connectivity index (χ0v) is 22.8. The standard InChI is InChI=1S/C19H26IN2O6PSSi/c1-26-16-8-13-14(9-17(16)28-30(20)29)22(11-27-5-6-31(2,3)4)19(25)15-7-12(23)10-21(15)18(13)24/h8-9,15,30H,5-7,10-11H2,1-4H3/t15-/m0/s1.